The minimum Gasteiger partial charge on any atom is -0.258 e. The third kappa shape index (κ3) is 8.73. The lowest BCUT2D eigenvalue weighted by atomic mass is 10.1. The van der Waals surface area contributed by atoms with Gasteiger partial charge < -0.3 is 0 Å². The fourth-order valence-corrected chi connectivity index (χ4v) is 13.2. The monoisotopic (exact) mass is 844 g/mol. The Labute approximate surface area is 324 Å². The highest BCUT2D eigenvalue weighted by Crippen LogP contribution is 2.34. The molecule has 0 aliphatic heterocycles. The number of fused-ring (bicyclic) bond motifs is 1. The third-order valence-corrected chi connectivity index (χ3v) is 17.3. The van der Waals surface area contributed by atoms with Crippen LogP contribution in [0, 0.1) is 20.2 Å². The van der Waals surface area contributed by atoms with E-state index in [-0.39, 0.29) is 15.0 Å². The predicted molar refractivity (Wildman–Crippen MR) is 208 cm³/mol. The molecule has 5 aromatic rings. The molecule has 0 radical (unpaired) electrons. The molecule has 20 heteroatoms. The van der Waals surface area contributed by atoms with Gasteiger partial charge in [0.15, 0.2) is 0 Å². The zero-order chi connectivity index (χ0) is 40.9. The molecule has 0 spiro atoms. The van der Waals surface area contributed by atoms with Gasteiger partial charge in [0, 0.05) is 30.8 Å². The molecule has 0 aromatic heterocycles. The van der Waals surface area contributed by atoms with Crippen LogP contribution in [-0.4, -0.2) is 53.8 Å². The van der Waals surface area contributed by atoms with E-state index in [2.05, 4.69) is 0 Å². The molecule has 56 heavy (non-hydrogen) atoms. The third-order valence-electron chi connectivity index (χ3n) is 8.72. The van der Waals surface area contributed by atoms with Crippen molar-refractivity contribution in [3.8, 4) is 0 Å². The largest absolute Gasteiger partial charge is 0.277 e. The Hall–Kier alpha value is -5.28. The normalized spacial score (nSPS) is 12.5. The van der Waals surface area contributed by atoms with E-state index in [4.69, 9.17) is 0 Å². The molecule has 0 unspecified atom stereocenters. The predicted octanol–water partition coefficient (Wildman–Crippen LogP) is 6.98. The van der Waals surface area contributed by atoms with E-state index in [1.54, 1.807) is 30.3 Å². The maximum Gasteiger partial charge on any atom is 0.277 e. The van der Waals surface area contributed by atoms with Crippen LogP contribution in [0.5, 0.6) is 0 Å². The summed E-state index contributed by atoms with van der Waals surface area (Å²) in [7, 11) is -19.9. The standard InChI is InChI=1S/C36H36N4O12S4/c1-2-3-4-5-6-9-26-37(54(47,48)36-19-12-28-10-7-8-11-29(28)27-36)53(45,46)33-24-17-32(18-25-33)40(55(49,50)34-20-13-30(14-21-34)38(41)42)56(51,52)35-22-15-31(16-23-35)39(43)44/h7-8,10-25,27H,2-6,9,26H2,1H3. The lowest BCUT2D eigenvalue weighted by Gasteiger charge is -2.25. The highest BCUT2D eigenvalue weighted by Gasteiger charge is 2.39. The molecule has 0 aliphatic carbocycles. The number of nitrogens with zero attached hydrogens (tertiary/aromatic N) is 4. The molecule has 296 valence electrons. The summed E-state index contributed by atoms with van der Waals surface area (Å²) in [6, 6.07) is 21.2. The molecule has 5 rings (SSSR count). The second-order valence-corrected chi connectivity index (χ2v) is 20.2. The van der Waals surface area contributed by atoms with E-state index >= 15 is 0 Å². The molecular weight excluding hydrogens is 809 g/mol. The Morgan fingerprint density at radius 3 is 1.39 bits per heavy atom. The maximum atomic E-state index is 14.3. The van der Waals surface area contributed by atoms with Crippen molar-refractivity contribution in [2.45, 2.75) is 65.0 Å². The Kier molecular flexibility index (Phi) is 12.6. The van der Waals surface area contributed by atoms with Crippen LogP contribution < -0.4 is 3.71 Å². The first kappa shape index (κ1) is 41.9. The van der Waals surface area contributed by atoms with Crippen molar-refractivity contribution < 1.29 is 43.5 Å². The van der Waals surface area contributed by atoms with E-state index < -0.39 is 88.2 Å². The second kappa shape index (κ2) is 16.8. The first-order valence-corrected chi connectivity index (χ1v) is 22.8. The molecule has 0 fully saturated rings. The number of hydrogen-bond donors (Lipinski definition) is 0. The second-order valence-electron chi connectivity index (χ2n) is 12.5. The molecule has 0 bridgehead atoms. The topological polar surface area (TPSA) is 229 Å². The van der Waals surface area contributed by atoms with Gasteiger partial charge >= 0.3 is 0 Å². The molecule has 0 atom stereocenters. The summed E-state index contributed by atoms with van der Waals surface area (Å²) in [6.45, 7) is 1.62. The number of rotatable bonds is 18. The van der Waals surface area contributed by atoms with Crippen LogP contribution in [0.1, 0.15) is 45.4 Å². The van der Waals surface area contributed by atoms with E-state index in [1.807, 2.05) is 6.92 Å². The Morgan fingerprint density at radius 1 is 0.482 bits per heavy atom. The lowest BCUT2D eigenvalue weighted by molar-refractivity contribution is -0.385. The van der Waals surface area contributed by atoms with Gasteiger partial charge in [0.05, 0.1) is 35.1 Å². The van der Waals surface area contributed by atoms with Crippen LogP contribution in [0.3, 0.4) is 0 Å². The summed E-state index contributed by atoms with van der Waals surface area (Å²) in [5.74, 6) is 0. The number of hydrogen-bond acceptors (Lipinski definition) is 12. The summed E-state index contributed by atoms with van der Waals surface area (Å²) >= 11 is 0. The molecule has 0 aliphatic rings. The number of benzene rings is 5. The Morgan fingerprint density at radius 2 is 0.893 bits per heavy atom. The van der Waals surface area contributed by atoms with Crippen molar-refractivity contribution in [2.75, 3.05) is 10.3 Å². The van der Waals surface area contributed by atoms with Crippen LogP contribution in [-0.2, 0) is 40.1 Å². The van der Waals surface area contributed by atoms with E-state index in [0.717, 1.165) is 104 Å². The highest BCUT2D eigenvalue weighted by molar-refractivity contribution is 8.10. The van der Waals surface area contributed by atoms with Gasteiger partial charge in [-0.25, -0.2) is 33.7 Å². The minimum absolute atomic E-state index is 0.0430. The van der Waals surface area contributed by atoms with Crippen molar-refractivity contribution in [2.24, 2.45) is 0 Å². The number of nitro groups is 2. The first-order chi connectivity index (χ1) is 26.4. The minimum atomic E-state index is -5.16. The van der Waals surface area contributed by atoms with Crippen LogP contribution in [0.2, 0.25) is 0 Å². The highest BCUT2D eigenvalue weighted by atomic mass is 32.3. The number of anilines is 1. The van der Waals surface area contributed by atoms with E-state index in [0.29, 0.717) is 15.5 Å². The summed E-state index contributed by atoms with van der Waals surface area (Å²) in [5.41, 5.74) is -1.61. The van der Waals surface area contributed by atoms with Crippen LogP contribution in [0.4, 0.5) is 17.1 Å². The molecule has 0 saturated heterocycles. The zero-order valence-electron chi connectivity index (χ0n) is 29.7. The number of non-ortho nitro benzene ring substituents is 2. The zero-order valence-corrected chi connectivity index (χ0v) is 33.0. The van der Waals surface area contributed by atoms with E-state index in [1.165, 1.54) is 12.1 Å². The molecule has 0 N–H and O–H groups in total. The van der Waals surface area contributed by atoms with Gasteiger partial charge in [-0.3, -0.25) is 20.2 Å². The van der Waals surface area contributed by atoms with Crippen molar-refractivity contribution in [1.29, 1.82) is 0 Å². The average Bonchev–Trinajstić information content (AvgIpc) is 3.17. The Balaban J connectivity index is 1.59. The van der Waals surface area contributed by atoms with Crippen molar-refractivity contribution >= 4 is 67.9 Å². The van der Waals surface area contributed by atoms with Crippen molar-refractivity contribution in [3.05, 3.63) is 135 Å². The van der Waals surface area contributed by atoms with Gasteiger partial charge in [-0.15, -0.1) is 0 Å². The molecule has 0 amide bonds. The van der Waals surface area contributed by atoms with Crippen LogP contribution in [0.15, 0.2) is 135 Å². The van der Waals surface area contributed by atoms with Gasteiger partial charge in [-0.1, -0.05) is 73.1 Å². The fraction of sp³-hybridized carbons (Fsp3) is 0.222. The molecular formula is C36H36N4O12S4. The summed E-state index contributed by atoms with van der Waals surface area (Å²) in [5, 5.41) is 23.7. The molecule has 16 nitrogen and oxygen atoms in total. The van der Waals surface area contributed by atoms with Crippen LogP contribution in [0.25, 0.3) is 10.8 Å². The lowest BCUT2D eigenvalue weighted by Crippen LogP contribution is -2.38. The number of nitro benzene ring substituents is 2. The van der Waals surface area contributed by atoms with Crippen molar-refractivity contribution in [1.82, 2.24) is 3.71 Å². The summed E-state index contributed by atoms with van der Waals surface area (Å²) < 4.78 is 113. The fourth-order valence-electron chi connectivity index (χ4n) is 5.77. The van der Waals surface area contributed by atoms with Gasteiger partial charge in [-0.2, -0.15) is 3.71 Å². The smallest absolute Gasteiger partial charge is 0.258 e. The first-order valence-electron chi connectivity index (χ1n) is 17.1. The number of sulfonamides is 4. The van der Waals surface area contributed by atoms with Gasteiger partial charge in [0.1, 0.15) is 0 Å². The Bertz CT molecular complexity index is 2600. The molecule has 0 saturated carbocycles. The van der Waals surface area contributed by atoms with Crippen LogP contribution >= 0.6 is 0 Å². The van der Waals surface area contributed by atoms with Crippen molar-refractivity contribution in [3.63, 3.8) is 0 Å². The SMILES string of the molecule is CCCCCCCCN(S(=O)(=O)c1ccc(N(S(=O)(=O)c2ccc([N+](=O)[O-])cc2)S(=O)(=O)c2ccc([N+](=O)[O-])cc2)cc1)S(=O)(=O)c1ccc2ccccc2c1. The van der Waals surface area contributed by atoms with Gasteiger partial charge in [0.25, 0.3) is 51.5 Å². The van der Waals surface area contributed by atoms with Gasteiger partial charge in [0.2, 0.25) is 0 Å². The summed E-state index contributed by atoms with van der Waals surface area (Å²) in [6.07, 6.45) is 4.28. The molecule has 5 aromatic carbocycles. The molecule has 0 heterocycles. The quantitative estimate of drug-likeness (QED) is 0.0494. The average molecular weight is 845 g/mol. The van der Waals surface area contributed by atoms with Gasteiger partial charge in [-0.05, 0) is 77.9 Å². The summed E-state index contributed by atoms with van der Waals surface area (Å²) in [4.78, 5) is 18.6. The maximum absolute atomic E-state index is 14.3. The number of unbranched alkanes of at least 4 members (excludes halogenated alkanes) is 5. The van der Waals surface area contributed by atoms with E-state index in [9.17, 15) is 53.9 Å².